The molecule has 0 radical (unpaired) electrons. The first-order chi connectivity index (χ1) is 8.35. The molecule has 3 aliphatic rings. The second kappa shape index (κ2) is 3.96. The molecule has 2 atom stereocenters. The molecule has 3 fully saturated rings. The van der Waals surface area contributed by atoms with Crippen LogP contribution in [0.25, 0.3) is 0 Å². The van der Waals surface area contributed by atoms with Crippen LogP contribution in [0.1, 0.15) is 53.9 Å². The quantitative estimate of drug-likeness (QED) is 0.706. The van der Waals surface area contributed by atoms with Gasteiger partial charge in [-0.15, -0.1) is 0 Å². The van der Waals surface area contributed by atoms with E-state index in [0.717, 1.165) is 18.1 Å². The zero-order valence-corrected chi connectivity index (χ0v) is 12.9. The Bertz CT molecular complexity index is 320. The lowest BCUT2D eigenvalue weighted by atomic mass is 9.96. The molecule has 0 aromatic carbocycles. The molecule has 104 valence electrons. The van der Waals surface area contributed by atoms with Crippen LogP contribution >= 0.6 is 0 Å². The van der Waals surface area contributed by atoms with Gasteiger partial charge in [-0.3, -0.25) is 9.80 Å². The average Bonchev–Trinajstić information content (AvgIpc) is 2.69. The molecule has 1 aliphatic carbocycles. The van der Waals surface area contributed by atoms with Crippen molar-refractivity contribution < 1.29 is 0 Å². The van der Waals surface area contributed by atoms with Crippen molar-refractivity contribution in [3.8, 4) is 0 Å². The Balaban J connectivity index is 1.74. The molecule has 2 nitrogen and oxygen atoms in total. The molecule has 18 heavy (non-hydrogen) atoms. The molecule has 2 heteroatoms. The van der Waals surface area contributed by atoms with Crippen LogP contribution in [0.5, 0.6) is 0 Å². The molecular formula is C16H30N2. The Labute approximate surface area is 113 Å². The SMILES string of the molecule is CC1CN2CCCCC2CN1C1C(C)(C)C1(C)C. The Morgan fingerprint density at radius 3 is 2.22 bits per heavy atom. The third-order valence-corrected chi connectivity index (χ3v) is 6.51. The van der Waals surface area contributed by atoms with Gasteiger partial charge in [-0.05, 0) is 37.1 Å². The largest absolute Gasteiger partial charge is 0.298 e. The highest BCUT2D eigenvalue weighted by atomic mass is 15.3. The highest BCUT2D eigenvalue weighted by Gasteiger charge is 2.67. The minimum absolute atomic E-state index is 0.498. The van der Waals surface area contributed by atoms with Crippen LogP contribution in [-0.2, 0) is 0 Å². The lowest BCUT2D eigenvalue weighted by molar-refractivity contribution is 0.00193. The van der Waals surface area contributed by atoms with Crippen LogP contribution in [0.3, 0.4) is 0 Å². The van der Waals surface area contributed by atoms with Crippen molar-refractivity contribution in [3.63, 3.8) is 0 Å². The van der Waals surface area contributed by atoms with E-state index in [4.69, 9.17) is 0 Å². The third-order valence-electron chi connectivity index (χ3n) is 6.51. The molecular weight excluding hydrogens is 220 g/mol. The van der Waals surface area contributed by atoms with Gasteiger partial charge in [0.25, 0.3) is 0 Å². The Kier molecular flexibility index (Phi) is 2.84. The van der Waals surface area contributed by atoms with Crippen molar-refractivity contribution in [3.05, 3.63) is 0 Å². The maximum atomic E-state index is 2.84. The van der Waals surface area contributed by atoms with Crippen molar-refractivity contribution in [2.45, 2.75) is 72.0 Å². The summed E-state index contributed by atoms with van der Waals surface area (Å²) in [6.07, 6.45) is 4.29. The molecule has 0 bridgehead atoms. The predicted molar refractivity (Wildman–Crippen MR) is 76.7 cm³/mol. The minimum Gasteiger partial charge on any atom is -0.298 e. The number of nitrogens with zero attached hydrogens (tertiary/aromatic N) is 2. The van der Waals surface area contributed by atoms with Gasteiger partial charge in [0.1, 0.15) is 0 Å². The normalized spacial score (nSPS) is 40.5. The van der Waals surface area contributed by atoms with Crippen molar-refractivity contribution in [2.75, 3.05) is 19.6 Å². The topological polar surface area (TPSA) is 6.48 Å². The first-order valence-electron chi connectivity index (χ1n) is 7.85. The summed E-state index contributed by atoms with van der Waals surface area (Å²) < 4.78 is 0. The number of piperidine rings is 1. The molecule has 2 aliphatic heterocycles. The van der Waals surface area contributed by atoms with Crippen molar-refractivity contribution in [1.82, 2.24) is 9.80 Å². The number of piperazine rings is 1. The molecule has 2 unspecified atom stereocenters. The molecule has 0 aromatic rings. The summed E-state index contributed by atoms with van der Waals surface area (Å²) >= 11 is 0. The first-order valence-corrected chi connectivity index (χ1v) is 7.85. The van der Waals surface area contributed by atoms with Crippen molar-refractivity contribution in [1.29, 1.82) is 0 Å². The van der Waals surface area contributed by atoms with Crippen LogP contribution in [0, 0.1) is 10.8 Å². The van der Waals surface area contributed by atoms with Gasteiger partial charge in [-0.2, -0.15) is 0 Å². The van der Waals surface area contributed by atoms with E-state index < -0.39 is 0 Å². The predicted octanol–water partition coefficient (Wildman–Crippen LogP) is 2.98. The maximum absolute atomic E-state index is 2.84. The van der Waals surface area contributed by atoms with Crippen LogP contribution in [0.15, 0.2) is 0 Å². The Hall–Kier alpha value is -0.0800. The van der Waals surface area contributed by atoms with Gasteiger partial charge in [0.2, 0.25) is 0 Å². The summed E-state index contributed by atoms with van der Waals surface area (Å²) in [5.74, 6) is 0. The van der Waals surface area contributed by atoms with E-state index >= 15 is 0 Å². The van der Waals surface area contributed by atoms with E-state index in [9.17, 15) is 0 Å². The van der Waals surface area contributed by atoms with E-state index in [1.54, 1.807) is 0 Å². The molecule has 0 aromatic heterocycles. The Morgan fingerprint density at radius 2 is 1.61 bits per heavy atom. The van der Waals surface area contributed by atoms with E-state index in [2.05, 4.69) is 44.4 Å². The maximum Gasteiger partial charge on any atom is 0.0224 e. The van der Waals surface area contributed by atoms with Gasteiger partial charge in [0.15, 0.2) is 0 Å². The monoisotopic (exact) mass is 250 g/mol. The van der Waals surface area contributed by atoms with Gasteiger partial charge in [-0.1, -0.05) is 34.1 Å². The fourth-order valence-electron chi connectivity index (χ4n) is 4.73. The lowest BCUT2D eigenvalue weighted by Gasteiger charge is -2.48. The lowest BCUT2D eigenvalue weighted by Crippen LogP contribution is -2.59. The van der Waals surface area contributed by atoms with Crippen LogP contribution in [0.4, 0.5) is 0 Å². The summed E-state index contributed by atoms with van der Waals surface area (Å²) in [6, 6.07) is 2.39. The van der Waals surface area contributed by atoms with E-state index in [0.29, 0.717) is 10.8 Å². The van der Waals surface area contributed by atoms with Crippen molar-refractivity contribution in [2.24, 2.45) is 10.8 Å². The van der Waals surface area contributed by atoms with E-state index in [1.807, 2.05) is 0 Å². The summed E-state index contributed by atoms with van der Waals surface area (Å²) in [4.78, 5) is 5.60. The third kappa shape index (κ3) is 1.68. The van der Waals surface area contributed by atoms with Crippen LogP contribution < -0.4 is 0 Å². The van der Waals surface area contributed by atoms with Crippen LogP contribution in [-0.4, -0.2) is 47.6 Å². The van der Waals surface area contributed by atoms with Gasteiger partial charge < -0.3 is 0 Å². The van der Waals surface area contributed by atoms with E-state index in [-0.39, 0.29) is 0 Å². The fourth-order valence-corrected chi connectivity index (χ4v) is 4.73. The average molecular weight is 250 g/mol. The number of hydrogen-bond donors (Lipinski definition) is 0. The molecule has 0 amide bonds. The molecule has 0 spiro atoms. The van der Waals surface area contributed by atoms with Crippen molar-refractivity contribution >= 4 is 0 Å². The minimum atomic E-state index is 0.498. The summed E-state index contributed by atoms with van der Waals surface area (Å²) in [6.45, 7) is 16.2. The highest BCUT2D eigenvalue weighted by molar-refractivity contribution is 5.20. The second-order valence-electron chi connectivity index (χ2n) is 8.04. The summed E-state index contributed by atoms with van der Waals surface area (Å²) in [5.41, 5.74) is 0.996. The zero-order valence-electron chi connectivity index (χ0n) is 12.9. The summed E-state index contributed by atoms with van der Waals surface area (Å²) in [7, 11) is 0. The number of fused-ring (bicyclic) bond motifs is 1. The molecule has 3 rings (SSSR count). The number of rotatable bonds is 1. The first kappa shape index (κ1) is 12.9. The van der Waals surface area contributed by atoms with E-state index in [1.165, 1.54) is 38.9 Å². The molecule has 2 heterocycles. The molecule has 0 N–H and O–H groups in total. The van der Waals surface area contributed by atoms with Gasteiger partial charge >= 0.3 is 0 Å². The molecule has 2 saturated heterocycles. The smallest absolute Gasteiger partial charge is 0.0224 e. The van der Waals surface area contributed by atoms with Gasteiger partial charge in [0, 0.05) is 31.2 Å². The van der Waals surface area contributed by atoms with Gasteiger partial charge in [0.05, 0.1) is 0 Å². The number of hydrogen-bond acceptors (Lipinski definition) is 2. The summed E-state index contributed by atoms with van der Waals surface area (Å²) in [5, 5.41) is 0. The van der Waals surface area contributed by atoms with Crippen LogP contribution in [0.2, 0.25) is 0 Å². The Morgan fingerprint density at radius 1 is 0.944 bits per heavy atom. The van der Waals surface area contributed by atoms with Gasteiger partial charge in [-0.25, -0.2) is 0 Å². The standard InChI is InChI=1S/C16H30N2/c1-12-10-17-9-7-6-8-13(17)11-18(12)14-15(2,3)16(14,4)5/h12-14H,6-11H2,1-5H3. The molecule has 1 saturated carbocycles. The highest BCUT2D eigenvalue weighted by Crippen LogP contribution is 2.65. The second-order valence-corrected chi connectivity index (χ2v) is 8.04. The fraction of sp³-hybridized carbons (Fsp3) is 1.00. The zero-order chi connectivity index (χ0) is 13.1.